The van der Waals surface area contributed by atoms with Gasteiger partial charge in [-0.05, 0) is 11.1 Å². The van der Waals surface area contributed by atoms with Gasteiger partial charge < -0.3 is 5.11 Å². The average molecular weight is 294 g/mol. The molecule has 1 aromatic carbocycles. The van der Waals surface area contributed by atoms with Crippen molar-refractivity contribution in [1.82, 2.24) is 10.4 Å². The number of amides is 2. The van der Waals surface area contributed by atoms with E-state index in [-0.39, 0.29) is 29.7 Å². The number of carboxylic acids is 1. The van der Waals surface area contributed by atoms with Crippen molar-refractivity contribution in [1.29, 1.82) is 0 Å². The Kier molecular flexibility index (Phi) is 4.62. The van der Waals surface area contributed by atoms with Gasteiger partial charge in [-0.2, -0.15) is 0 Å². The maximum absolute atomic E-state index is 11.9. The molecule has 0 saturated heterocycles. The summed E-state index contributed by atoms with van der Waals surface area (Å²) in [5.41, 5.74) is 4.49. The lowest BCUT2D eigenvalue weighted by molar-refractivity contribution is -0.141. The first-order chi connectivity index (χ1) is 9.56. The third-order valence-electron chi connectivity index (χ3n) is 2.81. The van der Waals surface area contributed by atoms with Crippen LogP contribution in [0.1, 0.15) is 11.1 Å². The Bertz CT molecular complexity index is 547. The van der Waals surface area contributed by atoms with Crippen LogP contribution in [0.3, 0.4) is 0 Å². The molecule has 106 valence electrons. The van der Waals surface area contributed by atoms with E-state index in [0.717, 1.165) is 22.9 Å². The summed E-state index contributed by atoms with van der Waals surface area (Å²) in [5.74, 6) is -1.63. The van der Waals surface area contributed by atoms with Crippen LogP contribution >= 0.6 is 11.8 Å². The Morgan fingerprint density at radius 2 is 1.95 bits per heavy atom. The van der Waals surface area contributed by atoms with Crippen molar-refractivity contribution in [2.45, 2.75) is 13.0 Å². The first kappa shape index (κ1) is 14.4. The second kappa shape index (κ2) is 6.42. The molecule has 0 saturated carbocycles. The highest BCUT2D eigenvalue weighted by Crippen LogP contribution is 2.17. The van der Waals surface area contributed by atoms with Gasteiger partial charge in [0.2, 0.25) is 11.8 Å². The first-order valence-electron chi connectivity index (χ1n) is 6.02. The lowest BCUT2D eigenvalue weighted by Gasteiger charge is -2.28. The highest BCUT2D eigenvalue weighted by molar-refractivity contribution is 8.00. The molecule has 20 heavy (non-hydrogen) atoms. The number of thioether (sulfide) groups is 1. The SMILES string of the molecule is O=C(O)CSCC(=O)NN1Cc2ccccc2CC1=O. The molecule has 1 heterocycles. The second-order valence-electron chi connectivity index (χ2n) is 4.35. The van der Waals surface area contributed by atoms with Gasteiger partial charge in [0.15, 0.2) is 0 Å². The smallest absolute Gasteiger partial charge is 0.313 e. The number of hydrogen-bond acceptors (Lipinski definition) is 4. The number of nitrogens with zero attached hydrogens (tertiary/aromatic N) is 1. The summed E-state index contributed by atoms with van der Waals surface area (Å²) in [6.07, 6.45) is 0.263. The van der Waals surface area contributed by atoms with Crippen LogP contribution < -0.4 is 5.43 Å². The van der Waals surface area contributed by atoms with Crippen molar-refractivity contribution in [2.75, 3.05) is 11.5 Å². The number of rotatable bonds is 5. The zero-order valence-corrected chi connectivity index (χ0v) is 11.5. The molecule has 0 unspecified atom stereocenters. The standard InChI is InChI=1S/C13H14N2O4S/c16-11(7-20-8-13(18)19)14-15-6-10-4-2-1-3-9(10)5-12(15)17/h1-4H,5-8H2,(H,14,16)(H,18,19). The Hall–Kier alpha value is -2.02. The van der Waals surface area contributed by atoms with E-state index in [2.05, 4.69) is 5.43 Å². The normalized spacial score (nSPS) is 13.8. The van der Waals surface area contributed by atoms with Gasteiger partial charge in [0, 0.05) is 0 Å². The molecule has 2 rings (SSSR count). The van der Waals surface area contributed by atoms with E-state index in [9.17, 15) is 14.4 Å². The minimum atomic E-state index is -0.967. The molecular weight excluding hydrogens is 280 g/mol. The fourth-order valence-corrected chi connectivity index (χ4v) is 2.44. The molecule has 0 aliphatic carbocycles. The van der Waals surface area contributed by atoms with E-state index in [0.29, 0.717) is 6.54 Å². The number of aliphatic carboxylic acids is 1. The average Bonchev–Trinajstić information content (AvgIpc) is 2.39. The molecule has 2 amide bonds. The maximum Gasteiger partial charge on any atom is 0.313 e. The van der Waals surface area contributed by atoms with Gasteiger partial charge in [0.25, 0.3) is 0 Å². The summed E-state index contributed by atoms with van der Waals surface area (Å²) in [4.78, 5) is 33.9. The van der Waals surface area contributed by atoms with Crippen LogP contribution in [0.15, 0.2) is 24.3 Å². The van der Waals surface area contributed by atoms with Crippen LogP contribution in [0.5, 0.6) is 0 Å². The van der Waals surface area contributed by atoms with Gasteiger partial charge in [-0.1, -0.05) is 24.3 Å². The Morgan fingerprint density at radius 1 is 1.25 bits per heavy atom. The summed E-state index contributed by atoms with van der Waals surface area (Å²) in [7, 11) is 0. The summed E-state index contributed by atoms with van der Waals surface area (Å²) in [5, 5.41) is 9.77. The molecule has 0 fully saturated rings. The molecule has 6 nitrogen and oxygen atoms in total. The van der Waals surface area contributed by atoms with Crippen LogP contribution in [0.25, 0.3) is 0 Å². The predicted octanol–water partition coefficient (Wildman–Crippen LogP) is 0.420. The van der Waals surface area contributed by atoms with Crippen LogP contribution in [0.4, 0.5) is 0 Å². The monoisotopic (exact) mass is 294 g/mol. The van der Waals surface area contributed by atoms with Crippen LogP contribution in [0.2, 0.25) is 0 Å². The number of nitrogens with one attached hydrogen (secondary N) is 1. The zero-order valence-electron chi connectivity index (χ0n) is 10.7. The van der Waals surface area contributed by atoms with Crippen LogP contribution in [0, 0.1) is 0 Å². The van der Waals surface area contributed by atoms with E-state index < -0.39 is 5.97 Å². The highest BCUT2D eigenvalue weighted by Gasteiger charge is 2.23. The quantitative estimate of drug-likeness (QED) is 0.822. The number of fused-ring (bicyclic) bond motifs is 1. The van der Waals surface area contributed by atoms with E-state index in [1.807, 2.05) is 24.3 Å². The Morgan fingerprint density at radius 3 is 2.65 bits per heavy atom. The number of hydrogen-bond donors (Lipinski definition) is 2. The Labute approximate surface area is 120 Å². The molecular formula is C13H14N2O4S. The summed E-state index contributed by atoms with van der Waals surface area (Å²) in [6.45, 7) is 0.338. The summed E-state index contributed by atoms with van der Waals surface area (Å²) < 4.78 is 0. The fourth-order valence-electron chi connectivity index (χ4n) is 1.92. The van der Waals surface area contributed by atoms with E-state index in [1.165, 1.54) is 5.01 Å². The molecule has 0 aromatic heterocycles. The molecule has 1 aromatic rings. The summed E-state index contributed by atoms with van der Waals surface area (Å²) >= 11 is 0.995. The minimum absolute atomic E-state index is 0.0116. The van der Waals surface area contributed by atoms with Gasteiger partial charge in [-0.15, -0.1) is 11.8 Å². The van der Waals surface area contributed by atoms with Gasteiger partial charge in [0.05, 0.1) is 24.5 Å². The molecule has 2 N–H and O–H groups in total. The third kappa shape index (κ3) is 3.74. The predicted molar refractivity (Wildman–Crippen MR) is 73.8 cm³/mol. The molecule has 7 heteroatoms. The highest BCUT2D eigenvalue weighted by atomic mass is 32.2. The third-order valence-corrected chi connectivity index (χ3v) is 3.73. The molecule has 1 aliphatic heterocycles. The van der Waals surface area contributed by atoms with Crippen molar-refractivity contribution in [3.63, 3.8) is 0 Å². The van der Waals surface area contributed by atoms with Gasteiger partial charge in [-0.25, -0.2) is 5.01 Å². The van der Waals surface area contributed by atoms with Gasteiger partial charge in [-0.3, -0.25) is 19.8 Å². The largest absolute Gasteiger partial charge is 0.481 e. The van der Waals surface area contributed by atoms with Crippen molar-refractivity contribution in [3.8, 4) is 0 Å². The maximum atomic E-state index is 11.9. The van der Waals surface area contributed by atoms with Crippen molar-refractivity contribution in [2.24, 2.45) is 0 Å². The molecule has 0 bridgehead atoms. The zero-order chi connectivity index (χ0) is 14.5. The van der Waals surface area contributed by atoms with Crippen LogP contribution in [-0.2, 0) is 27.3 Å². The van der Waals surface area contributed by atoms with Crippen molar-refractivity contribution >= 4 is 29.5 Å². The number of carbonyl (C=O) groups is 3. The lowest BCUT2D eigenvalue weighted by Crippen LogP contribution is -2.49. The number of hydrazine groups is 1. The minimum Gasteiger partial charge on any atom is -0.481 e. The summed E-state index contributed by atoms with van der Waals surface area (Å²) in [6, 6.07) is 7.58. The topological polar surface area (TPSA) is 86.7 Å². The Balaban J connectivity index is 1.89. The molecule has 0 spiro atoms. The van der Waals surface area contributed by atoms with Gasteiger partial charge in [0.1, 0.15) is 0 Å². The number of benzene rings is 1. The van der Waals surface area contributed by atoms with E-state index in [1.54, 1.807) is 0 Å². The molecule has 1 aliphatic rings. The van der Waals surface area contributed by atoms with E-state index in [4.69, 9.17) is 5.11 Å². The lowest BCUT2D eigenvalue weighted by atomic mass is 10.0. The fraction of sp³-hybridized carbons (Fsp3) is 0.308. The van der Waals surface area contributed by atoms with Crippen LogP contribution in [-0.4, -0.2) is 39.4 Å². The second-order valence-corrected chi connectivity index (χ2v) is 5.33. The van der Waals surface area contributed by atoms with Crippen molar-refractivity contribution < 1.29 is 19.5 Å². The number of carbonyl (C=O) groups excluding carboxylic acids is 2. The number of carboxylic acid groups (broad SMARTS) is 1. The van der Waals surface area contributed by atoms with Crippen molar-refractivity contribution in [3.05, 3.63) is 35.4 Å². The first-order valence-corrected chi connectivity index (χ1v) is 7.18. The van der Waals surface area contributed by atoms with Gasteiger partial charge >= 0.3 is 5.97 Å². The van der Waals surface area contributed by atoms with E-state index >= 15 is 0 Å². The molecule has 0 radical (unpaired) electrons. The molecule has 0 atom stereocenters.